The summed E-state index contributed by atoms with van der Waals surface area (Å²) in [5, 5.41) is 6.48. The molecule has 20 heavy (non-hydrogen) atoms. The Bertz CT molecular complexity index is 484. The van der Waals surface area contributed by atoms with Crippen LogP contribution < -0.4 is 10.6 Å². The van der Waals surface area contributed by atoms with Gasteiger partial charge >= 0.3 is 0 Å². The van der Waals surface area contributed by atoms with Crippen LogP contribution in [0.15, 0.2) is 18.2 Å². The second kappa shape index (κ2) is 6.29. The largest absolute Gasteiger partial charge is 0.385 e. The van der Waals surface area contributed by atoms with Crippen molar-refractivity contribution in [3.05, 3.63) is 29.3 Å². The van der Waals surface area contributed by atoms with Gasteiger partial charge < -0.3 is 10.6 Å². The Morgan fingerprint density at radius 3 is 2.60 bits per heavy atom. The minimum atomic E-state index is 0.0662. The molecule has 3 unspecified atom stereocenters. The number of hydrogen-bond acceptors (Lipinski definition) is 2. The Balaban J connectivity index is 2.06. The van der Waals surface area contributed by atoms with E-state index >= 15 is 0 Å². The van der Waals surface area contributed by atoms with Gasteiger partial charge in [0.05, 0.1) is 0 Å². The number of carbonyl (C=O) groups excluding carboxylic acids is 1. The summed E-state index contributed by atoms with van der Waals surface area (Å²) in [6, 6.07) is 6.27. The standard InChI is InChI=1S/C17H26N2O/c1-5-18-14-7-8-15(12(3)10-14)17(20)19-16-9-6-11(2)13(16)4/h7-8,10-11,13,16,18H,5-6,9H2,1-4H3,(H,19,20). The molecular formula is C17H26N2O. The van der Waals surface area contributed by atoms with Crippen molar-refractivity contribution in [2.75, 3.05) is 11.9 Å². The first-order chi connectivity index (χ1) is 9.52. The molecule has 1 amide bonds. The van der Waals surface area contributed by atoms with Gasteiger partial charge in [0.15, 0.2) is 0 Å². The monoisotopic (exact) mass is 274 g/mol. The first-order valence-corrected chi connectivity index (χ1v) is 7.68. The molecule has 0 spiro atoms. The Hall–Kier alpha value is -1.51. The third-order valence-electron chi connectivity index (χ3n) is 4.63. The van der Waals surface area contributed by atoms with Crippen LogP contribution in [0.2, 0.25) is 0 Å². The minimum Gasteiger partial charge on any atom is -0.385 e. The smallest absolute Gasteiger partial charge is 0.251 e. The molecule has 1 aliphatic rings. The summed E-state index contributed by atoms with van der Waals surface area (Å²) >= 11 is 0. The molecule has 2 rings (SSSR count). The van der Waals surface area contributed by atoms with E-state index in [-0.39, 0.29) is 5.91 Å². The van der Waals surface area contributed by atoms with Crippen LogP contribution in [0.3, 0.4) is 0 Å². The number of benzene rings is 1. The Kier molecular flexibility index (Phi) is 4.69. The van der Waals surface area contributed by atoms with Gasteiger partial charge in [-0.15, -0.1) is 0 Å². The molecular weight excluding hydrogens is 248 g/mol. The van der Waals surface area contributed by atoms with Crippen LogP contribution in [0.25, 0.3) is 0 Å². The summed E-state index contributed by atoms with van der Waals surface area (Å²) in [6.45, 7) is 9.47. The van der Waals surface area contributed by atoms with Crippen LogP contribution in [-0.2, 0) is 0 Å². The Labute approximate surface area is 122 Å². The van der Waals surface area contributed by atoms with Crippen molar-refractivity contribution in [1.82, 2.24) is 5.32 Å². The maximum Gasteiger partial charge on any atom is 0.251 e. The van der Waals surface area contributed by atoms with Gasteiger partial charge in [-0.25, -0.2) is 0 Å². The highest BCUT2D eigenvalue weighted by molar-refractivity contribution is 5.96. The zero-order valence-electron chi connectivity index (χ0n) is 13.0. The lowest BCUT2D eigenvalue weighted by Crippen LogP contribution is -2.37. The summed E-state index contributed by atoms with van der Waals surface area (Å²) in [6.07, 6.45) is 2.31. The van der Waals surface area contributed by atoms with E-state index in [1.54, 1.807) is 0 Å². The molecule has 3 atom stereocenters. The fourth-order valence-electron chi connectivity index (χ4n) is 3.05. The molecule has 1 aromatic rings. The predicted molar refractivity (Wildman–Crippen MR) is 84.2 cm³/mol. The highest BCUT2D eigenvalue weighted by Crippen LogP contribution is 2.31. The third-order valence-corrected chi connectivity index (χ3v) is 4.63. The summed E-state index contributed by atoms with van der Waals surface area (Å²) in [5.74, 6) is 1.34. The fourth-order valence-corrected chi connectivity index (χ4v) is 3.05. The van der Waals surface area contributed by atoms with Crippen LogP contribution >= 0.6 is 0 Å². The molecule has 0 heterocycles. The van der Waals surface area contributed by atoms with Crippen molar-refractivity contribution in [2.45, 2.75) is 46.6 Å². The lowest BCUT2D eigenvalue weighted by atomic mass is 9.97. The molecule has 0 saturated heterocycles. The van der Waals surface area contributed by atoms with Crippen LogP contribution in [0, 0.1) is 18.8 Å². The molecule has 0 radical (unpaired) electrons. The van der Waals surface area contributed by atoms with Gasteiger partial charge in [0, 0.05) is 23.8 Å². The lowest BCUT2D eigenvalue weighted by Gasteiger charge is -2.20. The van der Waals surface area contributed by atoms with Crippen molar-refractivity contribution in [2.24, 2.45) is 11.8 Å². The van der Waals surface area contributed by atoms with E-state index < -0.39 is 0 Å². The molecule has 110 valence electrons. The number of carbonyl (C=O) groups is 1. The Morgan fingerprint density at radius 2 is 2.05 bits per heavy atom. The number of rotatable bonds is 4. The first-order valence-electron chi connectivity index (χ1n) is 7.68. The molecule has 3 heteroatoms. The SMILES string of the molecule is CCNc1ccc(C(=O)NC2CCC(C)C2C)c(C)c1. The van der Waals surface area contributed by atoms with Crippen molar-refractivity contribution in [3.63, 3.8) is 0 Å². The van der Waals surface area contributed by atoms with Crippen LogP contribution in [0.4, 0.5) is 5.69 Å². The quantitative estimate of drug-likeness (QED) is 0.881. The fraction of sp³-hybridized carbons (Fsp3) is 0.588. The maximum absolute atomic E-state index is 12.4. The number of amides is 1. The molecule has 0 aliphatic heterocycles. The topological polar surface area (TPSA) is 41.1 Å². The van der Waals surface area contributed by atoms with Crippen LogP contribution in [0.1, 0.15) is 49.5 Å². The number of hydrogen-bond donors (Lipinski definition) is 2. The molecule has 1 aromatic carbocycles. The Morgan fingerprint density at radius 1 is 1.30 bits per heavy atom. The second-order valence-corrected chi connectivity index (χ2v) is 6.05. The van der Waals surface area contributed by atoms with E-state index in [4.69, 9.17) is 0 Å². The molecule has 3 nitrogen and oxygen atoms in total. The normalized spacial score (nSPS) is 25.5. The average Bonchev–Trinajstić information content (AvgIpc) is 2.71. The second-order valence-electron chi connectivity index (χ2n) is 6.05. The molecule has 1 fully saturated rings. The van der Waals surface area contributed by atoms with Gasteiger partial charge in [-0.05, 0) is 62.3 Å². The summed E-state index contributed by atoms with van der Waals surface area (Å²) in [7, 11) is 0. The van der Waals surface area contributed by atoms with Crippen molar-refractivity contribution in [1.29, 1.82) is 0 Å². The minimum absolute atomic E-state index is 0.0662. The van der Waals surface area contributed by atoms with Crippen molar-refractivity contribution >= 4 is 11.6 Å². The summed E-state index contributed by atoms with van der Waals surface area (Å²) in [5.41, 5.74) is 2.89. The third kappa shape index (κ3) is 3.14. The molecule has 2 N–H and O–H groups in total. The van der Waals surface area contributed by atoms with E-state index in [9.17, 15) is 4.79 Å². The zero-order chi connectivity index (χ0) is 14.7. The lowest BCUT2D eigenvalue weighted by molar-refractivity contribution is 0.0927. The predicted octanol–water partition coefficient (Wildman–Crippen LogP) is 3.59. The maximum atomic E-state index is 12.4. The molecule has 0 aromatic heterocycles. The molecule has 1 saturated carbocycles. The van der Waals surface area contributed by atoms with Gasteiger partial charge in [-0.2, -0.15) is 0 Å². The summed E-state index contributed by atoms with van der Waals surface area (Å²) in [4.78, 5) is 12.4. The molecule has 1 aliphatic carbocycles. The van der Waals surface area contributed by atoms with Gasteiger partial charge in [-0.1, -0.05) is 13.8 Å². The van der Waals surface area contributed by atoms with Crippen molar-refractivity contribution in [3.8, 4) is 0 Å². The van der Waals surface area contributed by atoms with Gasteiger partial charge in [0.2, 0.25) is 0 Å². The average molecular weight is 274 g/mol. The van der Waals surface area contributed by atoms with E-state index in [1.165, 1.54) is 6.42 Å². The highest BCUT2D eigenvalue weighted by Gasteiger charge is 2.31. The van der Waals surface area contributed by atoms with Crippen LogP contribution in [-0.4, -0.2) is 18.5 Å². The van der Waals surface area contributed by atoms with E-state index in [0.717, 1.165) is 29.8 Å². The van der Waals surface area contributed by atoms with E-state index in [0.29, 0.717) is 17.9 Å². The van der Waals surface area contributed by atoms with E-state index in [2.05, 4.69) is 31.4 Å². The number of nitrogens with one attached hydrogen (secondary N) is 2. The molecule has 0 bridgehead atoms. The van der Waals surface area contributed by atoms with E-state index in [1.807, 2.05) is 25.1 Å². The van der Waals surface area contributed by atoms with Crippen LogP contribution in [0.5, 0.6) is 0 Å². The van der Waals surface area contributed by atoms with Gasteiger partial charge in [0.25, 0.3) is 5.91 Å². The number of aryl methyl sites for hydroxylation is 1. The van der Waals surface area contributed by atoms with Crippen molar-refractivity contribution < 1.29 is 4.79 Å². The highest BCUT2D eigenvalue weighted by atomic mass is 16.1. The van der Waals surface area contributed by atoms with Gasteiger partial charge in [0.1, 0.15) is 0 Å². The summed E-state index contributed by atoms with van der Waals surface area (Å²) < 4.78 is 0. The zero-order valence-corrected chi connectivity index (χ0v) is 13.0. The number of anilines is 1. The van der Waals surface area contributed by atoms with Gasteiger partial charge in [-0.3, -0.25) is 4.79 Å². The first kappa shape index (κ1) is 14.9.